The van der Waals surface area contributed by atoms with Crippen molar-refractivity contribution in [3.63, 3.8) is 0 Å². The lowest BCUT2D eigenvalue weighted by molar-refractivity contribution is -0.135. The standard InChI is InChI=1S/C25H23N3O4S/c1-31-21-11-9-18(10-12-21)25-27-20(17-33-25)14-24(30)28(15-22-8-5-13-32-22)16-23(29)26-19-6-3-2-4-7-19/h2-13,17H,14-16H2,1H3,(H,26,29). The van der Waals surface area contributed by atoms with Gasteiger partial charge in [-0.25, -0.2) is 4.98 Å². The molecule has 0 aliphatic heterocycles. The number of aromatic nitrogens is 1. The number of hydrogen-bond acceptors (Lipinski definition) is 6. The van der Waals surface area contributed by atoms with Crippen LogP contribution in [0.5, 0.6) is 5.75 Å². The SMILES string of the molecule is COc1ccc(-c2nc(CC(=O)N(CC(=O)Nc3ccccc3)Cc3ccco3)cs2)cc1. The molecule has 0 aliphatic carbocycles. The molecule has 7 nitrogen and oxygen atoms in total. The minimum Gasteiger partial charge on any atom is -0.497 e. The highest BCUT2D eigenvalue weighted by Gasteiger charge is 2.20. The normalized spacial score (nSPS) is 10.6. The van der Waals surface area contributed by atoms with Crippen molar-refractivity contribution < 1.29 is 18.7 Å². The van der Waals surface area contributed by atoms with Crippen molar-refractivity contribution >= 4 is 28.8 Å². The molecule has 1 N–H and O–H groups in total. The van der Waals surface area contributed by atoms with Crippen molar-refractivity contribution in [1.29, 1.82) is 0 Å². The lowest BCUT2D eigenvalue weighted by atomic mass is 10.2. The van der Waals surface area contributed by atoms with E-state index < -0.39 is 0 Å². The number of nitrogens with zero attached hydrogens (tertiary/aromatic N) is 2. The number of amides is 2. The summed E-state index contributed by atoms with van der Waals surface area (Å²) in [7, 11) is 1.62. The van der Waals surface area contributed by atoms with Gasteiger partial charge in [0, 0.05) is 16.6 Å². The first-order valence-electron chi connectivity index (χ1n) is 10.3. The maximum atomic E-state index is 13.1. The molecule has 2 aromatic carbocycles. The van der Waals surface area contributed by atoms with Crippen molar-refractivity contribution in [3.05, 3.63) is 89.8 Å². The van der Waals surface area contributed by atoms with E-state index in [4.69, 9.17) is 9.15 Å². The van der Waals surface area contributed by atoms with E-state index in [2.05, 4.69) is 10.3 Å². The summed E-state index contributed by atoms with van der Waals surface area (Å²) < 4.78 is 10.6. The fourth-order valence-electron chi connectivity index (χ4n) is 3.24. The highest BCUT2D eigenvalue weighted by molar-refractivity contribution is 7.13. The lowest BCUT2D eigenvalue weighted by Gasteiger charge is -2.21. The van der Waals surface area contributed by atoms with Gasteiger partial charge in [0.05, 0.1) is 32.0 Å². The van der Waals surface area contributed by atoms with E-state index >= 15 is 0 Å². The van der Waals surface area contributed by atoms with Gasteiger partial charge in [-0.1, -0.05) is 18.2 Å². The molecular weight excluding hydrogens is 438 g/mol. The molecule has 4 aromatic rings. The van der Waals surface area contributed by atoms with Crippen LogP contribution in [0.25, 0.3) is 10.6 Å². The smallest absolute Gasteiger partial charge is 0.244 e. The summed E-state index contributed by atoms with van der Waals surface area (Å²) in [5, 5.41) is 5.51. The zero-order valence-electron chi connectivity index (χ0n) is 18.1. The molecule has 0 radical (unpaired) electrons. The van der Waals surface area contributed by atoms with Gasteiger partial charge >= 0.3 is 0 Å². The Balaban J connectivity index is 1.44. The van der Waals surface area contributed by atoms with Crippen molar-refractivity contribution in [1.82, 2.24) is 9.88 Å². The summed E-state index contributed by atoms with van der Waals surface area (Å²) in [4.78, 5) is 31.8. The molecule has 8 heteroatoms. The minimum absolute atomic E-state index is 0.0893. The number of rotatable bonds is 9. The predicted molar refractivity (Wildman–Crippen MR) is 127 cm³/mol. The summed E-state index contributed by atoms with van der Waals surface area (Å²) >= 11 is 1.47. The van der Waals surface area contributed by atoms with Crippen LogP contribution in [0.15, 0.2) is 82.8 Å². The van der Waals surface area contributed by atoms with Crippen LogP contribution in [0.4, 0.5) is 5.69 Å². The molecule has 168 valence electrons. The number of furan rings is 1. The number of methoxy groups -OCH3 is 1. The molecule has 0 bridgehead atoms. The van der Waals surface area contributed by atoms with E-state index in [1.807, 2.05) is 47.8 Å². The van der Waals surface area contributed by atoms with Crippen LogP contribution < -0.4 is 10.1 Å². The lowest BCUT2D eigenvalue weighted by Crippen LogP contribution is -2.38. The third-order valence-corrected chi connectivity index (χ3v) is 5.83. The molecule has 2 amide bonds. The number of para-hydroxylation sites is 1. The van der Waals surface area contributed by atoms with Gasteiger partial charge in [-0.05, 0) is 48.5 Å². The third kappa shape index (κ3) is 6.08. The van der Waals surface area contributed by atoms with E-state index in [-0.39, 0.29) is 31.3 Å². The summed E-state index contributed by atoms with van der Waals surface area (Å²) in [5.41, 5.74) is 2.29. The molecule has 0 fully saturated rings. The number of nitrogens with one attached hydrogen (secondary N) is 1. The molecule has 2 heterocycles. The fourth-order valence-corrected chi connectivity index (χ4v) is 4.07. The highest BCUT2D eigenvalue weighted by Crippen LogP contribution is 2.26. The Kier molecular flexibility index (Phi) is 7.16. The Bertz CT molecular complexity index is 1190. The maximum Gasteiger partial charge on any atom is 0.244 e. The van der Waals surface area contributed by atoms with Gasteiger partial charge in [-0.3, -0.25) is 9.59 Å². The Hall–Kier alpha value is -3.91. The first-order chi connectivity index (χ1) is 16.1. The first kappa shape index (κ1) is 22.3. The highest BCUT2D eigenvalue weighted by atomic mass is 32.1. The Labute approximate surface area is 195 Å². The number of ether oxygens (including phenoxy) is 1. The fraction of sp³-hybridized carbons (Fsp3) is 0.160. The number of benzene rings is 2. The molecule has 0 atom stereocenters. The van der Waals surface area contributed by atoms with Crippen LogP contribution in [-0.2, 0) is 22.6 Å². The molecule has 33 heavy (non-hydrogen) atoms. The second kappa shape index (κ2) is 10.6. The molecule has 0 spiro atoms. The zero-order chi connectivity index (χ0) is 23.0. The Morgan fingerprint density at radius 1 is 1.06 bits per heavy atom. The number of carbonyl (C=O) groups excluding carboxylic acids is 2. The van der Waals surface area contributed by atoms with Gasteiger partial charge in [0.25, 0.3) is 0 Å². The summed E-state index contributed by atoms with van der Waals surface area (Å²) in [6.07, 6.45) is 1.63. The predicted octanol–water partition coefficient (Wildman–Crippen LogP) is 4.62. The van der Waals surface area contributed by atoms with Crippen molar-refractivity contribution in [2.45, 2.75) is 13.0 Å². The van der Waals surface area contributed by atoms with Gasteiger partial charge in [-0.15, -0.1) is 11.3 Å². The van der Waals surface area contributed by atoms with E-state index in [9.17, 15) is 9.59 Å². The first-order valence-corrected chi connectivity index (χ1v) is 11.2. The summed E-state index contributed by atoms with van der Waals surface area (Å²) in [6, 6.07) is 20.3. The molecule has 0 saturated heterocycles. The Morgan fingerprint density at radius 2 is 1.85 bits per heavy atom. The largest absolute Gasteiger partial charge is 0.497 e. The van der Waals surface area contributed by atoms with Crippen molar-refractivity contribution in [3.8, 4) is 16.3 Å². The Morgan fingerprint density at radius 3 is 2.55 bits per heavy atom. The van der Waals surface area contributed by atoms with Crippen molar-refractivity contribution in [2.75, 3.05) is 19.0 Å². The van der Waals surface area contributed by atoms with E-state index in [0.29, 0.717) is 17.1 Å². The van der Waals surface area contributed by atoms with Crippen molar-refractivity contribution in [2.24, 2.45) is 0 Å². The van der Waals surface area contributed by atoms with Crippen LogP contribution in [0.1, 0.15) is 11.5 Å². The molecule has 0 saturated carbocycles. The maximum absolute atomic E-state index is 13.1. The van der Waals surface area contributed by atoms with E-state index in [0.717, 1.165) is 16.3 Å². The van der Waals surface area contributed by atoms with E-state index in [1.54, 1.807) is 37.6 Å². The van der Waals surface area contributed by atoms with Gasteiger partial charge in [0.1, 0.15) is 23.1 Å². The second-order valence-electron chi connectivity index (χ2n) is 7.29. The average Bonchev–Trinajstić information content (AvgIpc) is 3.52. The number of carbonyl (C=O) groups is 2. The van der Waals surface area contributed by atoms with Gasteiger partial charge < -0.3 is 19.4 Å². The summed E-state index contributed by atoms with van der Waals surface area (Å²) in [5.74, 6) is 0.889. The average molecular weight is 462 g/mol. The topological polar surface area (TPSA) is 84.7 Å². The zero-order valence-corrected chi connectivity index (χ0v) is 18.9. The number of hydrogen-bond donors (Lipinski definition) is 1. The number of thiazole rings is 1. The molecular formula is C25H23N3O4S. The van der Waals surface area contributed by atoms with Crippen LogP contribution in [0.2, 0.25) is 0 Å². The number of anilines is 1. The third-order valence-electron chi connectivity index (χ3n) is 4.89. The van der Waals surface area contributed by atoms with Crippen LogP contribution in [0.3, 0.4) is 0 Å². The van der Waals surface area contributed by atoms with Crippen LogP contribution in [0, 0.1) is 0 Å². The minimum atomic E-state index is -0.279. The van der Waals surface area contributed by atoms with E-state index in [1.165, 1.54) is 16.2 Å². The van der Waals surface area contributed by atoms with Crippen LogP contribution in [-0.4, -0.2) is 35.4 Å². The summed E-state index contributed by atoms with van der Waals surface area (Å²) in [6.45, 7) is 0.105. The van der Waals surface area contributed by atoms with Gasteiger partial charge in [-0.2, -0.15) is 0 Å². The van der Waals surface area contributed by atoms with Gasteiger partial charge in [0.15, 0.2) is 0 Å². The quantitative estimate of drug-likeness (QED) is 0.393. The monoisotopic (exact) mass is 461 g/mol. The molecule has 0 aliphatic rings. The molecule has 2 aromatic heterocycles. The van der Waals surface area contributed by atoms with Gasteiger partial charge in [0.2, 0.25) is 11.8 Å². The second-order valence-corrected chi connectivity index (χ2v) is 8.15. The molecule has 0 unspecified atom stereocenters. The van der Waals surface area contributed by atoms with Crippen LogP contribution >= 0.6 is 11.3 Å². The molecule has 4 rings (SSSR count).